The Balaban J connectivity index is 1.93. The van der Waals surface area contributed by atoms with Crippen molar-refractivity contribution in [3.05, 3.63) is 75.1 Å². The van der Waals surface area contributed by atoms with Crippen molar-refractivity contribution in [2.45, 2.75) is 26.7 Å². The summed E-state index contributed by atoms with van der Waals surface area (Å²) < 4.78 is 1.50. The third-order valence-corrected chi connectivity index (χ3v) is 5.49. The molecule has 142 valence electrons. The molecule has 0 radical (unpaired) electrons. The number of carbonyl (C=O) groups excluding carboxylic acids is 2. The third kappa shape index (κ3) is 3.29. The van der Waals surface area contributed by atoms with Crippen LogP contribution in [0.1, 0.15) is 46.7 Å². The molecule has 0 fully saturated rings. The minimum atomic E-state index is -0.565. The Kier molecular flexibility index (Phi) is 4.47. The summed E-state index contributed by atoms with van der Waals surface area (Å²) in [6.45, 7) is 4.02. The molecule has 1 N–H and O–H groups in total. The van der Waals surface area contributed by atoms with Gasteiger partial charge in [-0.1, -0.05) is 32.0 Å². The van der Waals surface area contributed by atoms with Crippen molar-refractivity contribution in [2.75, 3.05) is 5.32 Å². The number of ketones is 1. The Morgan fingerprint density at radius 1 is 1.18 bits per heavy atom. The van der Waals surface area contributed by atoms with E-state index in [1.165, 1.54) is 22.0 Å². The minimum absolute atomic E-state index is 0.0563. The maximum absolute atomic E-state index is 13.3. The van der Waals surface area contributed by atoms with Crippen molar-refractivity contribution >= 4 is 28.2 Å². The lowest BCUT2D eigenvalue weighted by atomic mass is 9.75. The lowest BCUT2D eigenvalue weighted by Gasteiger charge is -2.32. The summed E-state index contributed by atoms with van der Waals surface area (Å²) in [5.74, 6) is -0.621. The summed E-state index contributed by atoms with van der Waals surface area (Å²) in [6, 6.07) is 10.6. The summed E-state index contributed by atoms with van der Waals surface area (Å²) >= 11 is 1.26. The maximum Gasteiger partial charge on any atom is 0.268 e. The van der Waals surface area contributed by atoms with Gasteiger partial charge in [0, 0.05) is 34.9 Å². The van der Waals surface area contributed by atoms with Crippen molar-refractivity contribution < 1.29 is 9.59 Å². The number of pyridine rings is 1. The number of nitrogens with one attached hydrogen (secondary N) is 1. The molecule has 4 rings (SSSR count). The molecule has 0 bridgehead atoms. The number of nitrogens with zero attached hydrogens (tertiary/aromatic N) is 2. The molecule has 2 aromatic heterocycles. The molecule has 0 unspecified atom stereocenters. The van der Waals surface area contributed by atoms with Gasteiger partial charge in [-0.05, 0) is 30.0 Å². The zero-order valence-corrected chi connectivity index (χ0v) is 16.4. The van der Waals surface area contributed by atoms with Crippen molar-refractivity contribution in [1.82, 2.24) is 9.55 Å². The van der Waals surface area contributed by atoms with Crippen molar-refractivity contribution in [3.8, 4) is 5.69 Å². The van der Waals surface area contributed by atoms with E-state index in [4.69, 9.17) is 0 Å². The number of rotatable bonds is 3. The number of hydrogen-bond acceptors (Lipinski definition) is 5. The van der Waals surface area contributed by atoms with Crippen LogP contribution in [0.15, 0.2) is 52.8 Å². The second-order valence-corrected chi connectivity index (χ2v) is 8.52. The molecule has 6 nitrogen and oxygen atoms in total. The molecular formula is C21H19N3O3S. The first-order chi connectivity index (χ1) is 13.4. The number of benzene rings is 1. The highest BCUT2D eigenvalue weighted by Crippen LogP contribution is 2.35. The second kappa shape index (κ2) is 6.83. The van der Waals surface area contributed by atoms with Gasteiger partial charge in [-0.25, -0.2) is 4.98 Å². The number of para-hydroxylation sites is 1. The lowest BCUT2D eigenvalue weighted by Crippen LogP contribution is -2.37. The number of hydrogen-bond donors (Lipinski definition) is 1. The van der Waals surface area contributed by atoms with E-state index < -0.39 is 11.5 Å². The van der Waals surface area contributed by atoms with Crippen molar-refractivity contribution in [1.29, 1.82) is 0 Å². The quantitative estimate of drug-likeness (QED) is 0.736. The standard InChI is InChI=1S/C21H19N3O3S/c1-21(2)11-16-14(17(25)12-21)10-15(18(26)23-20-22-8-9-28-20)19(27)24(16)13-6-4-3-5-7-13/h3-10H,11-12H2,1-2H3,(H,22,23,26). The SMILES string of the molecule is CC1(C)CC(=O)c2cc(C(=O)Nc3nccs3)c(=O)n(-c3ccccc3)c2C1. The van der Waals surface area contributed by atoms with Crippen LogP contribution in [-0.2, 0) is 6.42 Å². The average molecular weight is 393 g/mol. The predicted molar refractivity (Wildman–Crippen MR) is 109 cm³/mol. The van der Waals surface area contributed by atoms with Crippen LogP contribution in [0.2, 0.25) is 0 Å². The van der Waals surface area contributed by atoms with Crippen LogP contribution in [0.3, 0.4) is 0 Å². The zero-order valence-electron chi connectivity index (χ0n) is 15.6. The van der Waals surface area contributed by atoms with E-state index >= 15 is 0 Å². The molecule has 28 heavy (non-hydrogen) atoms. The molecule has 1 amide bonds. The number of anilines is 1. The first-order valence-corrected chi connectivity index (χ1v) is 9.82. The summed E-state index contributed by atoms with van der Waals surface area (Å²) in [6.07, 6.45) is 2.52. The van der Waals surface area contributed by atoms with E-state index in [1.807, 2.05) is 32.0 Å². The van der Waals surface area contributed by atoms with Gasteiger partial charge < -0.3 is 0 Å². The van der Waals surface area contributed by atoms with Gasteiger partial charge in [-0.3, -0.25) is 24.3 Å². The topological polar surface area (TPSA) is 81.1 Å². The molecule has 1 aliphatic rings. The van der Waals surface area contributed by atoms with Gasteiger partial charge in [0.2, 0.25) is 0 Å². The van der Waals surface area contributed by atoms with Gasteiger partial charge in [0.15, 0.2) is 10.9 Å². The Hall–Kier alpha value is -3.06. The highest BCUT2D eigenvalue weighted by molar-refractivity contribution is 7.13. The zero-order chi connectivity index (χ0) is 19.9. The fraction of sp³-hybridized carbons (Fsp3) is 0.238. The number of amides is 1. The summed E-state index contributed by atoms with van der Waals surface area (Å²) in [5, 5.41) is 4.78. The third-order valence-electron chi connectivity index (χ3n) is 4.80. The first-order valence-electron chi connectivity index (χ1n) is 8.94. The van der Waals surface area contributed by atoms with Crippen LogP contribution < -0.4 is 10.9 Å². The van der Waals surface area contributed by atoms with E-state index in [0.717, 1.165) is 0 Å². The molecule has 0 atom stereocenters. The van der Waals surface area contributed by atoms with Crippen LogP contribution in [0.4, 0.5) is 5.13 Å². The van der Waals surface area contributed by atoms with Gasteiger partial charge in [0.05, 0.1) is 0 Å². The predicted octanol–water partition coefficient (Wildman–Crippen LogP) is 3.70. The molecular weight excluding hydrogens is 374 g/mol. The molecule has 1 aliphatic carbocycles. The monoisotopic (exact) mass is 393 g/mol. The van der Waals surface area contributed by atoms with Gasteiger partial charge >= 0.3 is 0 Å². The van der Waals surface area contributed by atoms with Gasteiger partial charge in [0.25, 0.3) is 11.5 Å². The van der Waals surface area contributed by atoms with Crippen LogP contribution in [0.5, 0.6) is 0 Å². The van der Waals surface area contributed by atoms with E-state index in [9.17, 15) is 14.4 Å². The number of aromatic nitrogens is 2. The first kappa shape index (κ1) is 18.3. The summed E-state index contributed by atoms with van der Waals surface area (Å²) in [5.41, 5.74) is 0.974. The van der Waals surface area contributed by atoms with Gasteiger partial charge in [-0.2, -0.15) is 0 Å². The Morgan fingerprint density at radius 2 is 1.93 bits per heavy atom. The van der Waals surface area contributed by atoms with Crippen LogP contribution in [0, 0.1) is 5.41 Å². The van der Waals surface area contributed by atoms with E-state index in [0.29, 0.717) is 34.9 Å². The van der Waals surface area contributed by atoms with Gasteiger partial charge in [-0.15, -0.1) is 11.3 Å². The summed E-state index contributed by atoms with van der Waals surface area (Å²) in [4.78, 5) is 42.9. The molecule has 3 aromatic rings. The average Bonchev–Trinajstić information content (AvgIpc) is 3.14. The maximum atomic E-state index is 13.3. The molecule has 0 saturated heterocycles. The highest BCUT2D eigenvalue weighted by Gasteiger charge is 2.35. The van der Waals surface area contributed by atoms with Crippen LogP contribution in [0.25, 0.3) is 5.69 Å². The lowest BCUT2D eigenvalue weighted by molar-refractivity contribution is 0.0909. The molecule has 0 aliphatic heterocycles. The number of carbonyl (C=O) groups is 2. The summed E-state index contributed by atoms with van der Waals surface area (Å²) in [7, 11) is 0. The smallest absolute Gasteiger partial charge is 0.268 e. The second-order valence-electron chi connectivity index (χ2n) is 7.63. The Morgan fingerprint density at radius 3 is 2.61 bits per heavy atom. The number of fused-ring (bicyclic) bond motifs is 1. The molecule has 0 saturated carbocycles. The Bertz CT molecular complexity index is 1120. The highest BCUT2D eigenvalue weighted by atomic mass is 32.1. The fourth-order valence-electron chi connectivity index (χ4n) is 3.58. The van der Waals surface area contributed by atoms with E-state index in [-0.39, 0.29) is 16.8 Å². The number of Topliss-reactive ketones (excluding diaryl/α,β-unsaturated/α-hetero) is 1. The van der Waals surface area contributed by atoms with Crippen LogP contribution >= 0.6 is 11.3 Å². The molecule has 7 heteroatoms. The largest absolute Gasteiger partial charge is 0.298 e. The normalized spacial score (nSPS) is 15.1. The van der Waals surface area contributed by atoms with Crippen LogP contribution in [-0.4, -0.2) is 21.2 Å². The number of thiazole rings is 1. The Labute approximate surface area is 165 Å². The van der Waals surface area contributed by atoms with E-state index in [1.54, 1.807) is 23.7 Å². The van der Waals surface area contributed by atoms with Gasteiger partial charge in [0.1, 0.15) is 5.56 Å². The molecule has 0 spiro atoms. The van der Waals surface area contributed by atoms with Crippen molar-refractivity contribution in [3.63, 3.8) is 0 Å². The van der Waals surface area contributed by atoms with Crippen molar-refractivity contribution in [2.24, 2.45) is 5.41 Å². The molecule has 1 aromatic carbocycles. The van der Waals surface area contributed by atoms with E-state index in [2.05, 4.69) is 10.3 Å². The molecule has 2 heterocycles. The fourth-order valence-corrected chi connectivity index (χ4v) is 4.10. The minimum Gasteiger partial charge on any atom is -0.298 e.